The van der Waals surface area contributed by atoms with Gasteiger partial charge in [0.1, 0.15) is 0 Å². The fraction of sp³-hybridized carbons (Fsp3) is 0.263. The molecule has 0 radical (unpaired) electrons. The number of hydrogen-bond donors (Lipinski definition) is 1. The first-order valence-corrected chi connectivity index (χ1v) is 7.76. The number of ether oxygens (including phenoxy) is 1. The van der Waals surface area contributed by atoms with Gasteiger partial charge in [-0.25, -0.2) is 4.79 Å². The van der Waals surface area contributed by atoms with Crippen LogP contribution in [0.5, 0.6) is 0 Å². The molecule has 3 rings (SSSR count). The van der Waals surface area contributed by atoms with Crippen LogP contribution in [0.15, 0.2) is 54.6 Å². The molecule has 1 N–H and O–H groups in total. The van der Waals surface area contributed by atoms with Crippen LogP contribution in [0.3, 0.4) is 0 Å². The van der Waals surface area contributed by atoms with Crippen molar-refractivity contribution in [1.29, 1.82) is 0 Å². The van der Waals surface area contributed by atoms with E-state index in [9.17, 15) is 9.59 Å². The van der Waals surface area contributed by atoms with E-state index in [0.717, 1.165) is 5.56 Å². The van der Waals surface area contributed by atoms with Crippen molar-refractivity contribution in [1.82, 2.24) is 5.32 Å². The van der Waals surface area contributed by atoms with Gasteiger partial charge in [0, 0.05) is 13.0 Å². The molecule has 0 aliphatic carbocycles. The molecule has 4 heteroatoms. The average Bonchev–Trinajstić information content (AvgIpc) is 2.60. The third kappa shape index (κ3) is 3.42. The number of benzene rings is 2. The molecule has 2 atom stereocenters. The maximum atomic E-state index is 12.3. The highest BCUT2D eigenvalue weighted by Gasteiger charge is 2.30. The molecule has 2 unspecified atom stereocenters. The van der Waals surface area contributed by atoms with Crippen LogP contribution in [0.2, 0.25) is 0 Å². The minimum absolute atomic E-state index is 0.201. The van der Waals surface area contributed by atoms with Crippen LogP contribution in [-0.2, 0) is 16.0 Å². The Morgan fingerprint density at radius 1 is 1.17 bits per heavy atom. The summed E-state index contributed by atoms with van der Waals surface area (Å²) in [5, 5.41) is 2.89. The van der Waals surface area contributed by atoms with Gasteiger partial charge in [-0.3, -0.25) is 4.79 Å². The summed E-state index contributed by atoms with van der Waals surface area (Å²) in [6.45, 7) is 2.57. The monoisotopic (exact) mass is 309 g/mol. The molecule has 1 aliphatic heterocycles. The molecule has 0 saturated heterocycles. The Labute approximate surface area is 135 Å². The lowest BCUT2D eigenvalue weighted by Gasteiger charge is -2.24. The van der Waals surface area contributed by atoms with Crippen molar-refractivity contribution in [3.8, 4) is 0 Å². The highest BCUT2D eigenvalue weighted by molar-refractivity contribution is 5.95. The van der Waals surface area contributed by atoms with Crippen molar-refractivity contribution >= 4 is 11.9 Å². The molecule has 1 heterocycles. The summed E-state index contributed by atoms with van der Waals surface area (Å²) < 4.78 is 5.26. The smallest absolute Gasteiger partial charge is 0.339 e. The number of cyclic esters (lactones) is 1. The zero-order chi connectivity index (χ0) is 16.2. The molecular weight excluding hydrogens is 290 g/mol. The molecular formula is C19H19NO3. The number of carbonyl (C=O) groups is 2. The standard InChI is InChI=1S/C19H19NO3/c1-13(14-7-3-2-4-8-14)12-20-18(21)17-11-15-9-5-6-10-16(15)19(22)23-17/h2-10,13,17H,11-12H2,1H3,(H,20,21). The molecule has 1 aliphatic rings. The van der Waals surface area contributed by atoms with Crippen molar-refractivity contribution in [2.24, 2.45) is 0 Å². The van der Waals surface area contributed by atoms with Gasteiger partial charge in [-0.05, 0) is 23.1 Å². The fourth-order valence-electron chi connectivity index (χ4n) is 2.74. The van der Waals surface area contributed by atoms with E-state index in [1.165, 1.54) is 5.56 Å². The SMILES string of the molecule is CC(CNC(=O)C1Cc2ccccc2C(=O)O1)c1ccccc1. The van der Waals surface area contributed by atoms with E-state index >= 15 is 0 Å². The second kappa shape index (κ2) is 6.65. The number of rotatable bonds is 4. The van der Waals surface area contributed by atoms with Crippen molar-refractivity contribution in [2.45, 2.75) is 25.4 Å². The van der Waals surface area contributed by atoms with Crippen LogP contribution < -0.4 is 5.32 Å². The summed E-state index contributed by atoms with van der Waals surface area (Å²) in [5.41, 5.74) is 2.58. The van der Waals surface area contributed by atoms with Crippen LogP contribution in [0, 0.1) is 0 Å². The second-order valence-corrected chi connectivity index (χ2v) is 5.81. The van der Waals surface area contributed by atoms with E-state index in [4.69, 9.17) is 4.74 Å². The first kappa shape index (κ1) is 15.3. The van der Waals surface area contributed by atoms with Crippen LogP contribution >= 0.6 is 0 Å². The van der Waals surface area contributed by atoms with E-state index in [2.05, 4.69) is 12.2 Å². The first-order valence-electron chi connectivity index (χ1n) is 7.76. The van der Waals surface area contributed by atoms with Crippen molar-refractivity contribution in [2.75, 3.05) is 6.54 Å². The summed E-state index contributed by atoms with van der Waals surface area (Å²) >= 11 is 0. The Morgan fingerprint density at radius 3 is 2.65 bits per heavy atom. The molecule has 23 heavy (non-hydrogen) atoms. The zero-order valence-electron chi connectivity index (χ0n) is 13.0. The van der Waals surface area contributed by atoms with Crippen molar-refractivity contribution in [3.63, 3.8) is 0 Å². The molecule has 0 bridgehead atoms. The molecule has 1 amide bonds. The predicted molar refractivity (Wildman–Crippen MR) is 87.2 cm³/mol. The van der Waals surface area contributed by atoms with E-state index < -0.39 is 12.1 Å². The Balaban J connectivity index is 1.60. The van der Waals surface area contributed by atoms with Crippen molar-refractivity contribution < 1.29 is 14.3 Å². The van der Waals surface area contributed by atoms with Gasteiger partial charge < -0.3 is 10.1 Å². The van der Waals surface area contributed by atoms with Crippen LogP contribution in [-0.4, -0.2) is 24.5 Å². The first-order chi connectivity index (χ1) is 11.1. The average molecular weight is 309 g/mol. The van der Waals surface area contributed by atoms with E-state index in [-0.39, 0.29) is 11.8 Å². The summed E-state index contributed by atoms with van der Waals surface area (Å²) in [4.78, 5) is 24.3. The maximum absolute atomic E-state index is 12.3. The summed E-state index contributed by atoms with van der Waals surface area (Å²) in [7, 11) is 0. The Hall–Kier alpha value is -2.62. The number of hydrogen-bond acceptors (Lipinski definition) is 3. The minimum atomic E-state index is -0.750. The number of carbonyl (C=O) groups excluding carboxylic acids is 2. The van der Waals surface area contributed by atoms with Gasteiger partial charge in [-0.1, -0.05) is 55.5 Å². The van der Waals surface area contributed by atoms with Gasteiger partial charge in [-0.2, -0.15) is 0 Å². The molecule has 0 saturated carbocycles. The molecule has 2 aromatic carbocycles. The maximum Gasteiger partial charge on any atom is 0.339 e. The Morgan fingerprint density at radius 2 is 1.87 bits per heavy atom. The number of esters is 1. The zero-order valence-corrected chi connectivity index (χ0v) is 13.0. The predicted octanol–water partition coefficient (Wildman–Crippen LogP) is 2.69. The molecule has 0 spiro atoms. The normalized spacial score (nSPS) is 17.8. The van der Waals surface area contributed by atoms with Gasteiger partial charge in [0.15, 0.2) is 6.10 Å². The highest BCUT2D eigenvalue weighted by Crippen LogP contribution is 2.21. The summed E-state index contributed by atoms with van der Waals surface area (Å²) in [6, 6.07) is 17.2. The number of nitrogens with one attached hydrogen (secondary N) is 1. The lowest BCUT2D eigenvalue weighted by atomic mass is 9.98. The molecule has 2 aromatic rings. The van der Waals surface area contributed by atoms with E-state index in [0.29, 0.717) is 18.5 Å². The van der Waals surface area contributed by atoms with Crippen LogP contribution in [0.25, 0.3) is 0 Å². The van der Waals surface area contributed by atoms with Gasteiger partial charge in [-0.15, -0.1) is 0 Å². The van der Waals surface area contributed by atoms with E-state index in [1.54, 1.807) is 12.1 Å². The molecule has 0 fully saturated rings. The topological polar surface area (TPSA) is 55.4 Å². The van der Waals surface area contributed by atoms with Crippen LogP contribution in [0.4, 0.5) is 0 Å². The molecule has 4 nitrogen and oxygen atoms in total. The number of fused-ring (bicyclic) bond motifs is 1. The lowest BCUT2D eigenvalue weighted by Crippen LogP contribution is -2.42. The largest absolute Gasteiger partial charge is 0.448 e. The minimum Gasteiger partial charge on any atom is -0.448 e. The van der Waals surface area contributed by atoms with E-state index in [1.807, 2.05) is 42.5 Å². The lowest BCUT2D eigenvalue weighted by molar-refractivity contribution is -0.130. The van der Waals surface area contributed by atoms with Crippen molar-refractivity contribution in [3.05, 3.63) is 71.3 Å². The quantitative estimate of drug-likeness (QED) is 0.884. The Bertz CT molecular complexity index is 712. The summed E-state index contributed by atoms with van der Waals surface area (Å²) in [6.07, 6.45) is -0.326. The number of amides is 1. The van der Waals surface area contributed by atoms with Gasteiger partial charge in [0.25, 0.3) is 5.91 Å². The van der Waals surface area contributed by atoms with Gasteiger partial charge in [0.2, 0.25) is 0 Å². The van der Waals surface area contributed by atoms with Gasteiger partial charge in [0.05, 0.1) is 5.56 Å². The molecule has 118 valence electrons. The molecule has 0 aromatic heterocycles. The van der Waals surface area contributed by atoms with Crippen LogP contribution in [0.1, 0.15) is 34.3 Å². The fourth-order valence-corrected chi connectivity index (χ4v) is 2.74. The summed E-state index contributed by atoms with van der Waals surface area (Å²) in [5.74, 6) is -0.467. The third-order valence-corrected chi connectivity index (χ3v) is 4.14. The Kier molecular flexibility index (Phi) is 4.42. The van der Waals surface area contributed by atoms with Gasteiger partial charge >= 0.3 is 5.97 Å². The second-order valence-electron chi connectivity index (χ2n) is 5.81. The highest BCUT2D eigenvalue weighted by atomic mass is 16.5. The third-order valence-electron chi connectivity index (χ3n) is 4.14.